The summed E-state index contributed by atoms with van der Waals surface area (Å²) in [6, 6.07) is 7.57. The van der Waals surface area contributed by atoms with Crippen LogP contribution in [0.3, 0.4) is 0 Å². The lowest BCUT2D eigenvalue weighted by Crippen LogP contribution is -2.27. The highest BCUT2D eigenvalue weighted by Gasteiger charge is 2.31. The molecule has 0 fully saturated rings. The molecule has 0 aliphatic heterocycles. The third kappa shape index (κ3) is 2.58. The third-order valence-electron chi connectivity index (χ3n) is 4.36. The number of halogens is 1. The molecule has 0 amide bonds. The van der Waals surface area contributed by atoms with Gasteiger partial charge in [-0.1, -0.05) is 12.1 Å². The maximum absolute atomic E-state index is 14.6. The van der Waals surface area contributed by atoms with Crippen molar-refractivity contribution in [2.24, 2.45) is 0 Å². The van der Waals surface area contributed by atoms with E-state index < -0.39 is 0 Å². The van der Waals surface area contributed by atoms with Crippen molar-refractivity contribution in [3.63, 3.8) is 0 Å². The predicted molar refractivity (Wildman–Crippen MR) is 84.8 cm³/mol. The van der Waals surface area contributed by atoms with Gasteiger partial charge in [0.05, 0.1) is 7.11 Å². The third-order valence-corrected chi connectivity index (χ3v) is 5.36. The minimum Gasteiger partial charge on any atom is -0.494 e. The molecule has 2 aromatic rings. The second-order valence-corrected chi connectivity index (χ2v) is 6.43. The maximum atomic E-state index is 14.6. The van der Waals surface area contributed by atoms with Crippen molar-refractivity contribution in [1.82, 2.24) is 5.32 Å². The van der Waals surface area contributed by atoms with Crippen molar-refractivity contribution in [1.29, 1.82) is 0 Å². The summed E-state index contributed by atoms with van der Waals surface area (Å²) in [6.07, 6.45) is 3.41. The molecule has 2 unspecified atom stereocenters. The van der Waals surface area contributed by atoms with Crippen molar-refractivity contribution in [2.75, 3.05) is 14.2 Å². The summed E-state index contributed by atoms with van der Waals surface area (Å²) in [5.41, 5.74) is 2.08. The average molecular weight is 305 g/mol. The van der Waals surface area contributed by atoms with Crippen LogP contribution in [0.15, 0.2) is 29.6 Å². The van der Waals surface area contributed by atoms with Crippen LogP contribution in [0.25, 0.3) is 0 Å². The molecule has 2 nitrogen and oxygen atoms in total. The Morgan fingerprint density at radius 1 is 1.38 bits per heavy atom. The zero-order valence-corrected chi connectivity index (χ0v) is 13.2. The minimum absolute atomic E-state index is 0.0197. The van der Waals surface area contributed by atoms with Gasteiger partial charge < -0.3 is 10.1 Å². The Bertz CT molecular complexity index is 625. The summed E-state index contributed by atoms with van der Waals surface area (Å²) in [6.45, 7) is 0. The van der Waals surface area contributed by atoms with Gasteiger partial charge in [0.2, 0.25) is 0 Å². The highest BCUT2D eigenvalue weighted by Crippen LogP contribution is 2.43. The van der Waals surface area contributed by atoms with Crippen molar-refractivity contribution < 1.29 is 9.13 Å². The molecule has 0 saturated carbocycles. The molecule has 1 aromatic heterocycles. The van der Waals surface area contributed by atoms with Gasteiger partial charge in [0.1, 0.15) is 0 Å². The van der Waals surface area contributed by atoms with Crippen LogP contribution in [0.4, 0.5) is 4.39 Å². The lowest BCUT2D eigenvalue weighted by Gasteiger charge is -2.31. The van der Waals surface area contributed by atoms with Crippen LogP contribution < -0.4 is 10.1 Å². The van der Waals surface area contributed by atoms with Gasteiger partial charge in [-0.3, -0.25) is 0 Å². The van der Waals surface area contributed by atoms with E-state index >= 15 is 0 Å². The van der Waals surface area contributed by atoms with Crippen molar-refractivity contribution >= 4 is 11.3 Å². The lowest BCUT2D eigenvalue weighted by atomic mass is 9.79. The van der Waals surface area contributed by atoms with E-state index in [9.17, 15) is 4.39 Å². The number of nitrogens with one attached hydrogen (secondary N) is 1. The van der Waals surface area contributed by atoms with E-state index in [1.54, 1.807) is 6.07 Å². The van der Waals surface area contributed by atoms with E-state index in [0.717, 1.165) is 12.8 Å². The Morgan fingerprint density at radius 3 is 3.00 bits per heavy atom. The molecule has 1 aliphatic rings. The van der Waals surface area contributed by atoms with Gasteiger partial charge in [0.15, 0.2) is 11.6 Å². The van der Waals surface area contributed by atoms with Gasteiger partial charge in [-0.15, -0.1) is 11.3 Å². The quantitative estimate of drug-likeness (QED) is 0.910. The van der Waals surface area contributed by atoms with E-state index in [4.69, 9.17) is 4.74 Å². The molecule has 3 rings (SSSR count). The van der Waals surface area contributed by atoms with Gasteiger partial charge in [-0.05, 0) is 49.4 Å². The minimum atomic E-state index is -0.248. The van der Waals surface area contributed by atoms with Gasteiger partial charge >= 0.3 is 0 Å². The van der Waals surface area contributed by atoms with Crippen LogP contribution in [0, 0.1) is 5.82 Å². The summed E-state index contributed by atoms with van der Waals surface area (Å²) in [5, 5.41) is 5.47. The van der Waals surface area contributed by atoms with Gasteiger partial charge in [0, 0.05) is 22.4 Å². The number of hydrogen-bond acceptors (Lipinski definition) is 3. The number of ether oxygens (including phenoxy) is 1. The fraction of sp³-hybridized carbons (Fsp3) is 0.412. The van der Waals surface area contributed by atoms with Crippen molar-refractivity contribution in [3.8, 4) is 5.75 Å². The highest BCUT2D eigenvalue weighted by molar-refractivity contribution is 7.10. The summed E-state index contributed by atoms with van der Waals surface area (Å²) in [7, 11) is 3.42. The second kappa shape index (κ2) is 6.16. The van der Waals surface area contributed by atoms with Crippen LogP contribution in [0.2, 0.25) is 0 Å². The zero-order valence-electron chi connectivity index (χ0n) is 12.4. The second-order valence-electron chi connectivity index (χ2n) is 5.43. The Morgan fingerprint density at radius 2 is 2.24 bits per heavy atom. The largest absolute Gasteiger partial charge is 0.494 e. The van der Waals surface area contributed by atoms with Gasteiger partial charge in [-0.25, -0.2) is 4.39 Å². The van der Waals surface area contributed by atoms with E-state index in [1.165, 1.54) is 24.0 Å². The molecule has 2 atom stereocenters. The molecule has 0 radical (unpaired) electrons. The average Bonchev–Trinajstić information content (AvgIpc) is 2.99. The predicted octanol–water partition coefficient (Wildman–Crippen LogP) is 4.28. The first-order valence-electron chi connectivity index (χ1n) is 7.32. The molecule has 0 bridgehead atoms. The van der Waals surface area contributed by atoms with Crippen LogP contribution >= 0.6 is 11.3 Å². The Labute approximate surface area is 129 Å². The SMILES string of the molecule is CNC(c1cccc(OC)c1F)C1CCCc2sccc21. The smallest absolute Gasteiger partial charge is 0.169 e. The first-order valence-corrected chi connectivity index (χ1v) is 8.20. The Balaban J connectivity index is 2.01. The number of benzene rings is 1. The van der Waals surface area contributed by atoms with E-state index in [-0.39, 0.29) is 11.9 Å². The monoisotopic (exact) mass is 305 g/mol. The number of aryl methyl sites for hydroxylation is 1. The fourth-order valence-corrected chi connectivity index (χ4v) is 4.36. The molecule has 4 heteroatoms. The number of hydrogen-bond donors (Lipinski definition) is 1. The van der Waals surface area contributed by atoms with Gasteiger partial charge in [0.25, 0.3) is 0 Å². The van der Waals surface area contributed by atoms with E-state index in [2.05, 4.69) is 16.8 Å². The van der Waals surface area contributed by atoms with Crippen LogP contribution in [-0.4, -0.2) is 14.2 Å². The summed E-state index contributed by atoms with van der Waals surface area (Å²) >= 11 is 1.82. The fourth-order valence-electron chi connectivity index (χ4n) is 3.37. The van der Waals surface area contributed by atoms with E-state index in [0.29, 0.717) is 17.2 Å². The standard InChI is InChI=1S/C17H20FNOS/c1-19-17(13-6-3-7-14(20-2)16(13)18)12-5-4-8-15-11(12)9-10-21-15/h3,6-7,9-10,12,17,19H,4-5,8H2,1-2H3. The van der Waals surface area contributed by atoms with E-state index in [1.807, 2.05) is 30.5 Å². The molecule has 0 saturated heterocycles. The molecule has 112 valence electrons. The number of thiophene rings is 1. The first-order chi connectivity index (χ1) is 10.3. The molecule has 0 spiro atoms. The Hall–Kier alpha value is -1.39. The number of rotatable bonds is 4. The molecule has 1 N–H and O–H groups in total. The molecular weight excluding hydrogens is 285 g/mol. The maximum Gasteiger partial charge on any atom is 0.169 e. The molecule has 21 heavy (non-hydrogen) atoms. The van der Waals surface area contributed by atoms with Crippen LogP contribution in [0.1, 0.15) is 40.8 Å². The molecule has 1 aliphatic carbocycles. The lowest BCUT2D eigenvalue weighted by molar-refractivity contribution is 0.370. The summed E-state index contributed by atoms with van der Waals surface area (Å²) in [5.74, 6) is 0.391. The molecule has 1 heterocycles. The summed E-state index contributed by atoms with van der Waals surface area (Å²) < 4.78 is 19.7. The summed E-state index contributed by atoms with van der Waals surface area (Å²) in [4.78, 5) is 1.45. The number of methoxy groups -OCH3 is 1. The van der Waals surface area contributed by atoms with Crippen molar-refractivity contribution in [2.45, 2.75) is 31.2 Å². The number of likely N-dealkylation sites (N-methyl/N-ethyl adjacent to an activating group) is 1. The highest BCUT2D eigenvalue weighted by atomic mass is 32.1. The zero-order chi connectivity index (χ0) is 14.8. The first kappa shape index (κ1) is 14.5. The normalized spacial score (nSPS) is 19.1. The van der Waals surface area contributed by atoms with Crippen molar-refractivity contribution in [3.05, 3.63) is 51.5 Å². The topological polar surface area (TPSA) is 21.3 Å². The van der Waals surface area contributed by atoms with Crippen LogP contribution in [0.5, 0.6) is 5.75 Å². The van der Waals surface area contributed by atoms with Gasteiger partial charge in [-0.2, -0.15) is 0 Å². The van der Waals surface area contributed by atoms with Crippen LogP contribution in [-0.2, 0) is 6.42 Å². The molecule has 1 aromatic carbocycles. The number of fused-ring (bicyclic) bond motifs is 1. The Kier molecular flexibility index (Phi) is 4.27. The molecular formula is C17H20FNOS.